The van der Waals surface area contributed by atoms with Crippen LogP contribution in [0.5, 0.6) is 0 Å². The summed E-state index contributed by atoms with van der Waals surface area (Å²) in [4.78, 5) is 21.8. The highest BCUT2D eigenvalue weighted by Crippen LogP contribution is 2.39. The van der Waals surface area contributed by atoms with E-state index >= 15 is 0 Å². The molecule has 6 nitrogen and oxygen atoms in total. The molecule has 3 heterocycles. The number of nitrogens with zero attached hydrogens (tertiary/aromatic N) is 3. The number of carboxylic acid groups (broad SMARTS) is 1. The van der Waals surface area contributed by atoms with Gasteiger partial charge >= 0.3 is 5.97 Å². The minimum absolute atomic E-state index is 0.129. The summed E-state index contributed by atoms with van der Waals surface area (Å²) in [6.07, 6.45) is 8.78. The molecule has 212 valence electrons. The van der Waals surface area contributed by atoms with Gasteiger partial charge in [0.15, 0.2) is 5.89 Å². The van der Waals surface area contributed by atoms with Crippen molar-refractivity contribution in [2.24, 2.45) is 11.8 Å². The van der Waals surface area contributed by atoms with Gasteiger partial charge in [-0.25, -0.2) is 9.37 Å². The van der Waals surface area contributed by atoms with E-state index in [0.29, 0.717) is 18.4 Å². The van der Waals surface area contributed by atoms with E-state index in [1.807, 2.05) is 24.3 Å². The molecule has 2 saturated heterocycles. The smallest absolute Gasteiger partial charge is 0.320 e. The predicted octanol–water partition coefficient (Wildman–Crippen LogP) is 5.94. The Morgan fingerprint density at radius 2 is 1.85 bits per heavy atom. The topological polar surface area (TPSA) is 69.8 Å². The summed E-state index contributed by atoms with van der Waals surface area (Å²) in [5, 5.41) is 10.1. The third kappa shape index (κ3) is 6.31. The molecule has 0 spiro atoms. The second kappa shape index (κ2) is 12.2. The van der Waals surface area contributed by atoms with Crippen LogP contribution in [-0.2, 0) is 11.2 Å². The normalized spacial score (nSPS) is 23.7. The molecule has 0 radical (unpaired) electrons. The highest BCUT2D eigenvalue weighted by atomic mass is 19.1. The van der Waals surface area contributed by atoms with Gasteiger partial charge in [-0.15, -0.1) is 0 Å². The Bertz CT molecular complexity index is 1270. The van der Waals surface area contributed by atoms with Gasteiger partial charge in [0.2, 0.25) is 0 Å². The number of aromatic nitrogens is 1. The number of carboxylic acids is 1. The molecule has 3 atom stereocenters. The molecule has 0 amide bonds. The van der Waals surface area contributed by atoms with Gasteiger partial charge in [-0.05, 0) is 67.4 Å². The standard InChI is InChI=1S/C33H40FN3O3/c34-28-11-5-10-26(18-28)30-21-37(31(33(38)39)17-24-8-4-9-24)20-27(30)19-36-14-12-25(13-15-36)32-35-29(22-40-32)16-23-6-2-1-3-7-23/h1-3,5-7,10-11,18,22,24-25,27,30-31H,4,8-9,12-17,19-21H2,(H,38,39)/t27-,30?,31+/m0/s1. The SMILES string of the molecule is O=C(O)[C@@H](CC1CCC1)N1CC(c2cccc(F)c2)[C@@H](CN2CCC(c3nc(Cc4ccccc4)co3)CC2)C1. The van der Waals surface area contributed by atoms with E-state index in [1.54, 1.807) is 18.4 Å². The number of likely N-dealkylation sites (tertiary alicyclic amines) is 2. The summed E-state index contributed by atoms with van der Waals surface area (Å²) >= 11 is 0. The fraction of sp³-hybridized carbons (Fsp3) is 0.515. The number of aliphatic carboxylic acids is 1. The molecule has 7 heteroatoms. The summed E-state index contributed by atoms with van der Waals surface area (Å²) in [6, 6.07) is 16.8. The van der Waals surface area contributed by atoms with Crippen molar-refractivity contribution in [2.45, 2.75) is 62.8 Å². The molecule has 1 saturated carbocycles. The van der Waals surface area contributed by atoms with Crippen molar-refractivity contribution in [1.29, 1.82) is 0 Å². The van der Waals surface area contributed by atoms with Crippen LogP contribution in [0.4, 0.5) is 4.39 Å². The van der Waals surface area contributed by atoms with Crippen molar-refractivity contribution in [3.05, 3.63) is 89.4 Å². The van der Waals surface area contributed by atoms with Crippen LogP contribution >= 0.6 is 0 Å². The molecule has 40 heavy (non-hydrogen) atoms. The van der Waals surface area contributed by atoms with E-state index in [4.69, 9.17) is 9.40 Å². The van der Waals surface area contributed by atoms with Crippen molar-refractivity contribution in [3.63, 3.8) is 0 Å². The first-order valence-electron chi connectivity index (χ1n) is 14.9. The highest BCUT2D eigenvalue weighted by molar-refractivity contribution is 5.73. The Balaban J connectivity index is 1.09. The highest BCUT2D eigenvalue weighted by Gasteiger charge is 2.41. The average molecular weight is 546 g/mol. The third-order valence-electron chi connectivity index (χ3n) is 9.48. The van der Waals surface area contributed by atoms with Gasteiger partial charge < -0.3 is 14.4 Å². The molecule has 2 aromatic carbocycles. The zero-order valence-corrected chi connectivity index (χ0v) is 23.1. The van der Waals surface area contributed by atoms with Crippen LogP contribution < -0.4 is 0 Å². The summed E-state index contributed by atoms with van der Waals surface area (Å²) in [7, 11) is 0. The van der Waals surface area contributed by atoms with Crippen molar-refractivity contribution >= 4 is 5.97 Å². The quantitative estimate of drug-likeness (QED) is 0.340. The van der Waals surface area contributed by atoms with E-state index in [-0.39, 0.29) is 17.7 Å². The van der Waals surface area contributed by atoms with E-state index in [2.05, 4.69) is 21.9 Å². The Labute approximate surface area is 236 Å². The van der Waals surface area contributed by atoms with Gasteiger partial charge in [-0.1, -0.05) is 61.7 Å². The molecular weight excluding hydrogens is 505 g/mol. The number of oxazole rings is 1. The average Bonchev–Trinajstić information content (AvgIpc) is 3.56. The van der Waals surface area contributed by atoms with E-state index in [1.165, 1.54) is 18.1 Å². The van der Waals surface area contributed by atoms with Crippen molar-refractivity contribution in [2.75, 3.05) is 32.7 Å². The van der Waals surface area contributed by atoms with Gasteiger partial charge in [0.25, 0.3) is 0 Å². The third-order valence-corrected chi connectivity index (χ3v) is 9.48. The van der Waals surface area contributed by atoms with Crippen LogP contribution in [0.25, 0.3) is 0 Å². The zero-order valence-electron chi connectivity index (χ0n) is 23.1. The van der Waals surface area contributed by atoms with Crippen LogP contribution in [0.2, 0.25) is 0 Å². The molecule has 3 fully saturated rings. The fourth-order valence-corrected chi connectivity index (χ4v) is 7.00. The molecular formula is C33H40FN3O3. The molecule has 1 N–H and O–H groups in total. The Morgan fingerprint density at radius 1 is 1.05 bits per heavy atom. The number of hydrogen-bond donors (Lipinski definition) is 1. The van der Waals surface area contributed by atoms with Gasteiger partial charge in [-0.3, -0.25) is 9.69 Å². The number of benzene rings is 2. The maximum atomic E-state index is 14.2. The van der Waals surface area contributed by atoms with Crippen LogP contribution in [0.3, 0.4) is 0 Å². The summed E-state index contributed by atoms with van der Waals surface area (Å²) in [5.74, 6) is 1.13. The Kier molecular flexibility index (Phi) is 8.30. The summed E-state index contributed by atoms with van der Waals surface area (Å²) in [6.45, 7) is 4.23. The number of rotatable bonds is 10. The molecule has 0 bridgehead atoms. The lowest BCUT2D eigenvalue weighted by atomic mass is 9.80. The largest absolute Gasteiger partial charge is 0.480 e. The number of piperidine rings is 1. The first-order valence-corrected chi connectivity index (χ1v) is 14.9. The maximum absolute atomic E-state index is 14.2. The predicted molar refractivity (Wildman–Crippen MR) is 152 cm³/mol. The molecule has 3 aromatic rings. The molecule has 2 aliphatic heterocycles. The Morgan fingerprint density at radius 3 is 2.55 bits per heavy atom. The summed E-state index contributed by atoms with van der Waals surface area (Å²) in [5.41, 5.74) is 3.19. The Hall–Kier alpha value is -3.03. The van der Waals surface area contributed by atoms with Crippen LogP contribution in [0.15, 0.2) is 65.3 Å². The van der Waals surface area contributed by atoms with Crippen molar-refractivity contribution in [1.82, 2.24) is 14.8 Å². The monoisotopic (exact) mass is 545 g/mol. The van der Waals surface area contributed by atoms with E-state index in [0.717, 1.165) is 81.9 Å². The van der Waals surface area contributed by atoms with Gasteiger partial charge in [0.05, 0.1) is 5.69 Å². The fourth-order valence-electron chi connectivity index (χ4n) is 7.00. The second-order valence-corrected chi connectivity index (χ2v) is 12.2. The number of hydrogen-bond acceptors (Lipinski definition) is 5. The molecule has 1 aliphatic carbocycles. The van der Waals surface area contributed by atoms with E-state index < -0.39 is 12.0 Å². The lowest BCUT2D eigenvalue weighted by Gasteiger charge is -2.34. The minimum atomic E-state index is -0.719. The molecule has 6 rings (SSSR count). The minimum Gasteiger partial charge on any atom is -0.480 e. The first kappa shape index (κ1) is 27.2. The maximum Gasteiger partial charge on any atom is 0.320 e. The van der Waals surface area contributed by atoms with Gasteiger partial charge in [0, 0.05) is 37.9 Å². The van der Waals surface area contributed by atoms with Gasteiger partial charge in [-0.2, -0.15) is 0 Å². The van der Waals surface area contributed by atoms with Gasteiger partial charge in [0.1, 0.15) is 18.1 Å². The molecule has 3 aliphatic rings. The van der Waals surface area contributed by atoms with E-state index in [9.17, 15) is 14.3 Å². The van der Waals surface area contributed by atoms with Crippen molar-refractivity contribution in [3.8, 4) is 0 Å². The van der Waals surface area contributed by atoms with Crippen molar-refractivity contribution < 1.29 is 18.7 Å². The first-order chi connectivity index (χ1) is 19.5. The van der Waals surface area contributed by atoms with Crippen LogP contribution in [0.1, 0.15) is 73.1 Å². The van der Waals surface area contributed by atoms with Crippen LogP contribution in [-0.4, -0.2) is 64.6 Å². The summed E-state index contributed by atoms with van der Waals surface area (Å²) < 4.78 is 20.1. The molecule has 1 aromatic heterocycles. The lowest BCUT2D eigenvalue weighted by Crippen LogP contribution is -2.43. The van der Waals surface area contributed by atoms with Crippen LogP contribution in [0, 0.1) is 17.7 Å². The number of carbonyl (C=O) groups is 1. The lowest BCUT2D eigenvalue weighted by molar-refractivity contribution is -0.144. The molecule has 1 unspecified atom stereocenters. The second-order valence-electron chi connectivity index (χ2n) is 12.2. The number of halogens is 1. The zero-order chi connectivity index (χ0) is 27.5.